The molecule has 0 aromatic carbocycles. The Balaban J connectivity index is 0.00000261. The third-order valence-electron chi connectivity index (χ3n) is 4.60. The fourth-order valence-corrected chi connectivity index (χ4v) is 3.18. The monoisotopic (exact) mass is 394 g/mol. The Labute approximate surface area is 167 Å². The molecule has 0 unspecified atom stereocenters. The summed E-state index contributed by atoms with van der Waals surface area (Å²) in [6.45, 7) is 12.0. The van der Waals surface area contributed by atoms with E-state index in [4.69, 9.17) is 4.52 Å². The van der Waals surface area contributed by atoms with Gasteiger partial charge in [-0.25, -0.2) is 4.98 Å². The molecule has 3 rings (SSSR count). The van der Waals surface area contributed by atoms with Crippen LogP contribution in [0.2, 0.25) is 0 Å². The molecule has 150 valence electrons. The van der Waals surface area contributed by atoms with E-state index in [2.05, 4.69) is 55.4 Å². The van der Waals surface area contributed by atoms with Crippen LogP contribution in [0.5, 0.6) is 0 Å². The van der Waals surface area contributed by atoms with Crippen LogP contribution in [0.25, 0.3) is 11.1 Å². The molecule has 1 aliphatic rings. The van der Waals surface area contributed by atoms with Crippen molar-refractivity contribution in [1.29, 1.82) is 0 Å². The van der Waals surface area contributed by atoms with Gasteiger partial charge in [-0.05, 0) is 44.2 Å². The molecule has 1 atom stereocenters. The van der Waals surface area contributed by atoms with Gasteiger partial charge in [0.15, 0.2) is 0 Å². The second-order valence-corrected chi connectivity index (χ2v) is 8.58. The van der Waals surface area contributed by atoms with E-state index in [1.165, 1.54) is 0 Å². The SMILES string of the molecule is CCN[C@H](C)CNC(=O)c1cc(C2CC2)nc2onc(CC(C)(C)C)c12.Cl. The summed E-state index contributed by atoms with van der Waals surface area (Å²) >= 11 is 0. The van der Waals surface area contributed by atoms with Crippen molar-refractivity contribution in [2.24, 2.45) is 5.41 Å². The molecular formula is C20H31ClN4O2. The molecular weight excluding hydrogens is 364 g/mol. The second-order valence-electron chi connectivity index (χ2n) is 8.58. The maximum absolute atomic E-state index is 12.9. The van der Waals surface area contributed by atoms with Gasteiger partial charge in [-0.15, -0.1) is 12.4 Å². The number of nitrogens with one attached hydrogen (secondary N) is 2. The van der Waals surface area contributed by atoms with Gasteiger partial charge in [-0.2, -0.15) is 0 Å². The highest BCUT2D eigenvalue weighted by Gasteiger charge is 2.30. The van der Waals surface area contributed by atoms with Gasteiger partial charge in [-0.3, -0.25) is 4.79 Å². The fourth-order valence-electron chi connectivity index (χ4n) is 3.18. The average molecular weight is 395 g/mol. The van der Waals surface area contributed by atoms with E-state index in [0.29, 0.717) is 23.7 Å². The highest BCUT2D eigenvalue weighted by atomic mass is 35.5. The molecule has 2 heterocycles. The normalized spacial score (nSPS) is 15.4. The van der Waals surface area contributed by atoms with Crippen LogP contribution in [0.3, 0.4) is 0 Å². The number of carbonyl (C=O) groups is 1. The zero-order valence-electron chi connectivity index (χ0n) is 16.9. The van der Waals surface area contributed by atoms with E-state index in [1.54, 1.807) is 0 Å². The Bertz CT molecular complexity index is 793. The number of rotatable bonds is 7. The summed E-state index contributed by atoms with van der Waals surface area (Å²) in [5, 5.41) is 11.4. The molecule has 0 aliphatic heterocycles. The van der Waals surface area contributed by atoms with E-state index in [1.807, 2.05) is 6.07 Å². The minimum Gasteiger partial charge on any atom is -0.350 e. The predicted molar refractivity (Wildman–Crippen MR) is 110 cm³/mol. The summed E-state index contributed by atoms with van der Waals surface area (Å²) in [6.07, 6.45) is 2.98. The smallest absolute Gasteiger partial charge is 0.259 e. The zero-order chi connectivity index (χ0) is 18.9. The first-order chi connectivity index (χ1) is 12.3. The molecule has 0 saturated heterocycles. The highest BCUT2D eigenvalue weighted by Crippen LogP contribution is 2.40. The first kappa shape index (κ1) is 21.6. The third-order valence-corrected chi connectivity index (χ3v) is 4.60. The third kappa shape index (κ3) is 5.42. The van der Waals surface area contributed by atoms with Crippen LogP contribution >= 0.6 is 12.4 Å². The van der Waals surface area contributed by atoms with E-state index in [9.17, 15) is 4.79 Å². The van der Waals surface area contributed by atoms with E-state index < -0.39 is 0 Å². The largest absolute Gasteiger partial charge is 0.350 e. The van der Waals surface area contributed by atoms with Gasteiger partial charge in [0.1, 0.15) is 0 Å². The van der Waals surface area contributed by atoms with Gasteiger partial charge in [0.2, 0.25) is 0 Å². The number of nitrogens with zero attached hydrogens (tertiary/aromatic N) is 2. The number of pyridine rings is 1. The van der Waals surface area contributed by atoms with Crippen molar-refractivity contribution in [3.05, 3.63) is 23.0 Å². The molecule has 1 amide bonds. The first-order valence-corrected chi connectivity index (χ1v) is 9.59. The molecule has 0 spiro atoms. The maximum Gasteiger partial charge on any atom is 0.259 e. The molecule has 2 aromatic rings. The Morgan fingerprint density at radius 1 is 1.37 bits per heavy atom. The van der Waals surface area contributed by atoms with Crippen LogP contribution in [0.1, 0.15) is 75.1 Å². The Hall–Kier alpha value is -1.66. The fraction of sp³-hybridized carbons (Fsp3) is 0.650. The molecule has 27 heavy (non-hydrogen) atoms. The van der Waals surface area contributed by atoms with Gasteiger partial charge in [0, 0.05) is 24.2 Å². The number of likely N-dealkylation sites (N-methyl/N-ethyl adjacent to an activating group) is 1. The summed E-state index contributed by atoms with van der Waals surface area (Å²) in [7, 11) is 0. The lowest BCUT2D eigenvalue weighted by Crippen LogP contribution is -2.38. The molecule has 2 N–H and O–H groups in total. The Kier molecular flexibility index (Phi) is 6.87. The number of fused-ring (bicyclic) bond motifs is 1. The number of hydrogen-bond acceptors (Lipinski definition) is 5. The van der Waals surface area contributed by atoms with Crippen molar-refractivity contribution in [1.82, 2.24) is 20.8 Å². The Morgan fingerprint density at radius 3 is 2.67 bits per heavy atom. The second kappa shape index (κ2) is 8.57. The van der Waals surface area contributed by atoms with Gasteiger partial charge in [-0.1, -0.05) is 32.9 Å². The molecule has 7 heteroatoms. The minimum absolute atomic E-state index is 0. The average Bonchev–Trinajstić information content (AvgIpc) is 3.34. The van der Waals surface area contributed by atoms with Crippen molar-refractivity contribution in [3.63, 3.8) is 0 Å². The van der Waals surface area contributed by atoms with Crippen molar-refractivity contribution in [2.45, 2.75) is 65.8 Å². The summed E-state index contributed by atoms with van der Waals surface area (Å²) in [6, 6.07) is 2.16. The summed E-state index contributed by atoms with van der Waals surface area (Å²) < 4.78 is 5.52. The quantitative estimate of drug-likeness (QED) is 0.745. The molecule has 1 aliphatic carbocycles. The molecule has 1 fully saturated rings. The van der Waals surface area contributed by atoms with Crippen LogP contribution in [0, 0.1) is 5.41 Å². The van der Waals surface area contributed by atoms with Crippen molar-refractivity contribution in [2.75, 3.05) is 13.1 Å². The van der Waals surface area contributed by atoms with Gasteiger partial charge in [0.05, 0.1) is 16.6 Å². The summed E-state index contributed by atoms with van der Waals surface area (Å²) in [5.74, 6) is 0.366. The van der Waals surface area contributed by atoms with Crippen LogP contribution in [0.4, 0.5) is 0 Å². The van der Waals surface area contributed by atoms with Crippen LogP contribution in [0.15, 0.2) is 10.6 Å². The van der Waals surface area contributed by atoms with Crippen LogP contribution in [-0.4, -0.2) is 35.2 Å². The number of aromatic nitrogens is 2. The zero-order valence-corrected chi connectivity index (χ0v) is 17.7. The number of amides is 1. The first-order valence-electron chi connectivity index (χ1n) is 9.59. The summed E-state index contributed by atoms with van der Waals surface area (Å²) in [4.78, 5) is 17.6. The standard InChI is InChI=1S/C20H30N4O2.ClH/c1-6-21-12(2)11-22-18(25)14-9-15(13-7-8-13)23-19-17(14)16(24-26-19)10-20(3,4)5;/h9,12-13,21H,6-8,10-11H2,1-5H3,(H,22,25);1H/t12-;/m1./s1. The number of halogens is 1. The topological polar surface area (TPSA) is 80.0 Å². The highest BCUT2D eigenvalue weighted by molar-refractivity contribution is 6.06. The number of carbonyl (C=O) groups excluding carboxylic acids is 1. The lowest BCUT2D eigenvalue weighted by atomic mass is 9.89. The van der Waals surface area contributed by atoms with Crippen molar-refractivity contribution < 1.29 is 9.32 Å². The Morgan fingerprint density at radius 2 is 2.07 bits per heavy atom. The molecule has 2 aromatic heterocycles. The van der Waals surface area contributed by atoms with Crippen molar-refractivity contribution >= 4 is 29.4 Å². The number of hydrogen-bond donors (Lipinski definition) is 2. The van der Waals surface area contributed by atoms with Gasteiger partial charge < -0.3 is 15.2 Å². The minimum atomic E-state index is -0.0811. The van der Waals surface area contributed by atoms with Crippen LogP contribution < -0.4 is 10.6 Å². The molecule has 1 saturated carbocycles. The summed E-state index contributed by atoms with van der Waals surface area (Å²) in [5.41, 5.74) is 2.93. The van der Waals surface area contributed by atoms with E-state index >= 15 is 0 Å². The van der Waals surface area contributed by atoms with Crippen molar-refractivity contribution in [3.8, 4) is 0 Å². The van der Waals surface area contributed by atoms with Crippen LogP contribution in [-0.2, 0) is 6.42 Å². The van der Waals surface area contributed by atoms with Gasteiger partial charge in [0.25, 0.3) is 11.6 Å². The van der Waals surface area contributed by atoms with E-state index in [0.717, 1.165) is 42.6 Å². The predicted octanol–water partition coefficient (Wildman–Crippen LogP) is 3.84. The molecule has 0 bridgehead atoms. The molecule has 0 radical (unpaired) electrons. The lowest BCUT2D eigenvalue weighted by Gasteiger charge is -2.17. The maximum atomic E-state index is 12.9. The van der Waals surface area contributed by atoms with Gasteiger partial charge >= 0.3 is 0 Å². The van der Waals surface area contributed by atoms with E-state index in [-0.39, 0.29) is 29.8 Å². The lowest BCUT2D eigenvalue weighted by molar-refractivity contribution is 0.0951. The molecule has 6 nitrogen and oxygen atoms in total.